The number of carbonyl (C=O) groups excluding carboxylic acids is 5. The van der Waals surface area contributed by atoms with Crippen molar-refractivity contribution < 1.29 is 61.9 Å². The molecular weight excluding hydrogens is 1050 g/mol. The number of rotatable bonds is 35. The van der Waals surface area contributed by atoms with E-state index in [1.807, 2.05) is 115 Å². The van der Waals surface area contributed by atoms with Crippen LogP contribution in [0.5, 0.6) is 0 Å². The second-order valence-corrected chi connectivity index (χ2v) is 19.8. The highest BCUT2D eigenvalue weighted by molar-refractivity contribution is 6.14. The second kappa shape index (κ2) is 32.3. The van der Waals surface area contributed by atoms with Gasteiger partial charge in [-0.2, -0.15) is 0 Å². The van der Waals surface area contributed by atoms with Crippen LogP contribution in [0.25, 0.3) is 0 Å². The van der Waals surface area contributed by atoms with E-state index in [0.29, 0.717) is 38.9 Å². The standard InChI is InChI=1S/C70H68O13/c1-52(83-69(75)64-37-21-20-36-63(64)68(74)56-28-12-5-13-29-56)44-82-51-70(48-79-41-38-76-45-57-30-14-17-33-60(57)65(71)53-22-6-2-7-23-53,49-80-42-39-77-46-58-31-15-18-34-61(58)66(72)54-24-8-3-9-25-54)50-81-43-40-78-47-59-32-16-19-35-62(59)67(73)55-26-10-4-11-27-55/h2-37,52H,38-51H2,1H3. The predicted octanol–water partition coefficient (Wildman–Crippen LogP) is 11.9. The Morgan fingerprint density at radius 2 is 0.578 bits per heavy atom. The Morgan fingerprint density at radius 3 is 0.928 bits per heavy atom. The molecule has 1 atom stereocenters. The first-order chi connectivity index (χ1) is 40.7. The third kappa shape index (κ3) is 18.1. The molecule has 13 heteroatoms. The maximum Gasteiger partial charge on any atom is 0.339 e. The lowest BCUT2D eigenvalue weighted by Crippen LogP contribution is -2.43. The highest BCUT2D eigenvalue weighted by Crippen LogP contribution is 2.24. The number of hydrogen-bond acceptors (Lipinski definition) is 13. The Morgan fingerprint density at radius 1 is 0.313 bits per heavy atom. The summed E-state index contributed by atoms with van der Waals surface area (Å²) in [4.78, 5) is 67.5. The first kappa shape index (κ1) is 60.7. The molecule has 0 fully saturated rings. The first-order valence-corrected chi connectivity index (χ1v) is 27.7. The van der Waals surface area contributed by atoms with Crippen LogP contribution >= 0.6 is 0 Å². The summed E-state index contributed by atoms with van der Waals surface area (Å²) in [5, 5.41) is 0. The molecule has 0 saturated heterocycles. The van der Waals surface area contributed by atoms with Crippen molar-refractivity contribution in [1.82, 2.24) is 0 Å². The van der Waals surface area contributed by atoms with Crippen LogP contribution in [0, 0.1) is 5.41 Å². The van der Waals surface area contributed by atoms with Gasteiger partial charge in [-0.25, -0.2) is 4.79 Å². The van der Waals surface area contributed by atoms with Gasteiger partial charge in [0.15, 0.2) is 23.1 Å². The maximum absolute atomic E-state index is 13.7. The van der Waals surface area contributed by atoms with E-state index >= 15 is 0 Å². The molecule has 0 amide bonds. The van der Waals surface area contributed by atoms with E-state index in [4.69, 9.17) is 37.9 Å². The Kier molecular flexibility index (Phi) is 23.6. The van der Waals surface area contributed by atoms with Gasteiger partial charge in [-0.3, -0.25) is 19.2 Å². The van der Waals surface area contributed by atoms with Gasteiger partial charge in [0.25, 0.3) is 0 Å². The number of ketones is 4. The van der Waals surface area contributed by atoms with E-state index in [0.717, 1.165) is 16.7 Å². The number of hydrogen-bond donors (Lipinski definition) is 0. The van der Waals surface area contributed by atoms with Gasteiger partial charge in [-0.1, -0.05) is 212 Å². The molecule has 8 aromatic rings. The fourth-order valence-corrected chi connectivity index (χ4v) is 9.18. The quantitative estimate of drug-likeness (QED) is 0.0210. The number of ether oxygens (including phenoxy) is 8. The molecule has 0 aromatic heterocycles. The minimum Gasteiger partial charge on any atom is -0.457 e. The number of benzene rings is 8. The zero-order valence-electron chi connectivity index (χ0n) is 46.6. The van der Waals surface area contributed by atoms with E-state index in [1.54, 1.807) is 110 Å². The third-order valence-electron chi connectivity index (χ3n) is 13.5. The zero-order chi connectivity index (χ0) is 57.9. The molecule has 0 bridgehead atoms. The summed E-state index contributed by atoms with van der Waals surface area (Å²) in [7, 11) is 0. The summed E-state index contributed by atoms with van der Waals surface area (Å²) < 4.78 is 49.7. The zero-order valence-corrected chi connectivity index (χ0v) is 46.6. The van der Waals surface area contributed by atoms with Gasteiger partial charge in [-0.05, 0) is 29.7 Å². The SMILES string of the molecule is CC(COCC(COCCOCc1ccccc1C(=O)c1ccccc1)(COCCOCc1ccccc1C(=O)c1ccccc1)COCCOCc1ccccc1C(=O)c1ccccc1)OC(=O)c1ccccc1C(=O)c1ccccc1. The Bertz CT molecular complexity index is 3070. The number of carbonyl (C=O) groups is 5. The molecule has 0 radical (unpaired) electrons. The molecule has 1 unspecified atom stereocenters. The normalized spacial score (nSPS) is 11.7. The fourth-order valence-electron chi connectivity index (χ4n) is 9.18. The van der Waals surface area contributed by atoms with Crippen LogP contribution in [0.2, 0.25) is 0 Å². The Balaban J connectivity index is 0.936. The van der Waals surface area contributed by atoms with Gasteiger partial charge in [0.2, 0.25) is 0 Å². The van der Waals surface area contributed by atoms with Crippen molar-refractivity contribution in [3.63, 3.8) is 0 Å². The number of esters is 1. The molecule has 0 N–H and O–H groups in total. The molecule has 83 heavy (non-hydrogen) atoms. The Hall–Kier alpha value is -8.37. The molecule has 13 nitrogen and oxygen atoms in total. The highest BCUT2D eigenvalue weighted by Gasteiger charge is 2.33. The summed E-state index contributed by atoms with van der Waals surface area (Å²) in [5.41, 5.74) is 5.48. The van der Waals surface area contributed by atoms with Crippen LogP contribution in [0.3, 0.4) is 0 Å². The van der Waals surface area contributed by atoms with Gasteiger partial charge < -0.3 is 37.9 Å². The second-order valence-electron chi connectivity index (χ2n) is 19.8. The van der Waals surface area contributed by atoms with Gasteiger partial charge in [-0.15, -0.1) is 0 Å². The highest BCUT2D eigenvalue weighted by atomic mass is 16.6. The maximum atomic E-state index is 13.7. The van der Waals surface area contributed by atoms with Crippen LogP contribution in [-0.4, -0.2) is 108 Å². The van der Waals surface area contributed by atoms with Gasteiger partial charge in [0, 0.05) is 44.5 Å². The summed E-state index contributed by atoms with van der Waals surface area (Å²) >= 11 is 0. The largest absolute Gasteiger partial charge is 0.457 e. The average Bonchev–Trinajstić information content (AvgIpc) is 3.58. The summed E-state index contributed by atoms with van der Waals surface area (Å²) in [5.74, 6) is -1.27. The molecule has 0 aliphatic heterocycles. The molecule has 8 rings (SSSR count). The minimum absolute atomic E-state index is 0.0268. The summed E-state index contributed by atoms with van der Waals surface area (Å²) in [6.45, 7) is 3.55. The Labute approximate surface area is 485 Å². The smallest absolute Gasteiger partial charge is 0.339 e. The van der Waals surface area contributed by atoms with Crippen molar-refractivity contribution >= 4 is 29.1 Å². The van der Waals surface area contributed by atoms with Crippen molar-refractivity contribution in [2.75, 3.05) is 72.7 Å². The van der Waals surface area contributed by atoms with Crippen molar-refractivity contribution in [3.8, 4) is 0 Å². The lowest BCUT2D eigenvalue weighted by Gasteiger charge is -2.33. The predicted molar refractivity (Wildman–Crippen MR) is 315 cm³/mol. The van der Waals surface area contributed by atoms with E-state index < -0.39 is 17.5 Å². The molecule has 0 aliphatic rings. The van der Waals surface area contributed by atoms with E-state index in [-0.39, 0.29) is 127 Å². The van der Waals surface area contributed by atoms with E-state index in [9.17, 15) is 24.0 Å². The molecule has 0 heterocycles. The van der Waals surface area contributed by atoms with E-state index in [1.165, 1.54) is 0 Å². The molecule has 0 saturated carbocycles. The van der Waals surface area contributed by atoms with Crippen molar-refractivity contribution in [1.29, 1.82) is 0 Å². The monoisotopic (exact) mass is 1120 g/mol. The lowest BCUT2D eigenvalue weighted by atomic mass is 9.92. The average molecular weight is 1120 g/mol. The van der Waals surface area contributed by atoms with Gasteiger partial charge in [0.1, 0.15) is 6.10 Å². The van der Waals surface area contributed by atoms with E-state index in [2.05, 4.69) is 0 Å². The molecule has 0 spiro atoms. The molecule has 426 valence electrons. The third-order valence-corrected chi connectivity index (χ3v) is 13.5. The molecule has 0 aliphatic carbocycles. The van der Waals surface area contributed by atoms with Crippen LogP contribution in [0.1, 0.15) is 97.7 Å². The minimum atomic E-state index is -0.962. The van der Waals surface area contributed by atoms with Crippen LogP contribution in [0.4, 0.5) is 0 Å². The van der Waals surface area contributed by atoms with Crippen molar-refractivity contribution in [3.05, 3.63) is 285 Å². The van der Waals surface area contributed by atoms with Crippen LogP contribution in [0.15, 0.2) is 218 Å². The van der Waals surface area contributed by atoms with Gasteiger partial charge in [0.05, 0.1) is 103 Å². The van der Waals surface area contributed by atoms with Crippen LogP contribution < -0.4 is 0 Å². The lowest BCUT2D eigenvalue weighted by molar-refractivity contribution is -0.124. The van der Waals surface area contributed by atoms with Gasteiger partial charge >= 0.3 is 5.97 Å². The molecular formula is C70H68O13. The van der Waals surface area contributed by atoms with Crippen molar-refractivity contribution in [2.24, 2.45) is 5.41 Å². The first-order valence-electron chi connectivity index (χ1n) is 27.7. The summed E-state index contributed by atoms with van der Waals surface area (Å²) in [6, 6.07) is 64.7. The topological polar surface area (TPSA) is 159 Å². The fraction of sp³-hybridized carbons (Fsp3) is 0.243. The van der Waals surface area contributed by atoms with Crippen molar-refractivity contribution in [2.45, 2.75) is 32.8 Å². The summed E-state index contributed by atoms with van der Waals surface area (Å²) in [6.07, 6.45) is -0.747. The molecule has 8 aromatic carbocycles. The van der Waals surface area contributed by atoms with Crippen LogP contribution in [-0.2, 0) is 57.7 Å².